The van der Waals surface area contributed by atoms with Crippen molar-refractivity contribution in [3.8, 4) is 5.69 Å². The van der Waals surface area contributed by atoms with Crippen molar-refractivity contribution in [2.45, 2.75) is 46.6 Å². The van der Waals surface area contributed by atoms with Gasteiger partial charge in [0.2, 0.25) is 0 Å². The van der Waals surface area contributed by atoms with Crippen LogP contribution in [0.3, 0.4) is 0 Å². The van der Waals surface area contributed by atoms with Gasteiger partial charge < -0.3 is 5.32 Å². The van der Waals surface area contributed by atoms with E-state index in [2.05, 4.69) is 38.2 Å². The molecular formula is C17H24ClN3. The first-order valence-electron chi connectivity index (χ1n) is 7.76. The number of aromatic nitrogens is 2. The number of halogens is 1. The van der Waals surface area contributed by atoms with Crippen LogP contribution in [0.2, 0.25) is 5.02 Å². The van der Waals surface area contributed by atoms with Crippen molar-refractivity contribution in [1.82, 2.24) is 15.1 Å². The van der Waals surface area contributed by atoms with Crippen LogP contribution in [0, 0.1) is 0 Å². The van der Waals surface area contributed by atoms with E-state index in [1.165, 1.54) is 11.3 Å². The highest BCUT2D eigenvalue weighted by Gasteiger charge is 2.12. The number of aryl methyl sites for hydroxylation is 2. The SMILES string of the molecule is CCCNCc1ccc(Cl)cc1-n1nc(CC)cc1CC. The summed E-state index contributed by atoms with van der Waals surface area (Å²) < 4.78 is 2.05. The lowest BCUT2D eigenvalue weighted by atomic mass is 10.1. The third-order valence-corrected chi connectivity index (χ3v) is 3.81. The van der Waals surface area contributed by atoms with Crippen LogP contribution in [-0.4, -0.2) is 16.3 Å². The van der Waals surface area contributed by atoms with Crippen LogP contribution in [0.25, 0.3) is 5.69 Å². The third kappa shape index (κ3) is 3.86. The highest BCUT2D eigenvalue weighted by molar-refractivity contribution is 6.30. The lowest BCUT2D eigenvalue weighted by molar-refractivity contribution is 0.667. The first kappa shape index (κ1) is 16.1. The van der Waals surface area contributed by atoms with Gasteiger partial charge in [-0.25, -0.2) is 4.68 Å². The molecule has 1 aromatic carbocycles. The molecule has 0 spiro atoms. The second-order valence-electron chi connectivity index (χ2n) is 5.20. The van der Waals surface area contributed by atoms with E-state index in [1.807, 2.05) is 16.8 Å². The topological polar surface area (TPSA) is 29.9 Å². The molecule has 0 aliphatic rings. The summed E-state index contributed by atoms with van der Waals surface area (Å²) in [6.07, 6.45) is 3.04. The summed E-state index contributed by atoms with van der Waals surface area (Å²) in [6, 6.07) is 8.23. The zero-order valence-corrected chi connectivity index (χ0v) is 13.9. The minimum absolute atomic E-state index is 0.750. The molecule has 2 aromatic rings. The molecule has 0 aliphatic carbocycles. The summed E-state index contributed by atoms with van der Waals surface area (Å²) in [5.41, 5.74) is 4.67. The number of nitrogens with zero attached hydrogens (tertiary/aromatic N) is 2. The molecule has 3 nitrogen and oxygen atoms in total. The van der Waals surface area contributed by atoms with E-state index in [4.69, 9.17) is 16.7 Å². The van der Waals surface area contributed by atoms with Crippen molar-refractivity contribution in [3.05, 3.63) is 46.2 Å². The number of rotatable bonds is 7. The Balaban J connectivity index is 2.41. The molecule has 1 aromatic heterocycles. The van der Waals surface area contributed by atoms with E-state index in [9.17, 15) is 0 Å². The Kier molecular flexibility index (Phi) is 5.83. The first-order chi connectivity index (χ1) is 10.2. The molecule has 0 saturated heterocycles. The van der Waals surface area contributed by atoms with Gasteiger partial charge in [-0.15, -0.1) is 0 Å². The summed E-state index contributed by atoms with van der Waals surface area (Å²) in [6.45, 7) is 8.32. The lowest BCUT2D eigenvalue weighted by Crippen LogP contribution is -2.16. The molecule has 0 amide bonds. The van der Waals surface area contributed by atoms with Gasteiger partial charge in [0.05, 0.1) is 11.4 Å². The standard InChI is InChI=1S/C17H24ClN3/c1-4-9-19-12-13-7-8-14(18)10-17(13)21-16(6-3)11-15(5-2)20-21/h7-8,10-11,19H,4-6,9,12H2,1-3H3. The van der Waals surface area contributed by atoms with Gasteiger partial charge in [-0.05, 0) is 49.6 Å². The Hall–Kier alpha value is -1.32. The van der Waals surface area contributed by atoms with E-state index in [0.29, 0.717) is 0 Å². The van der Waals surface area contributed by atoms with Crippen molar-refractivity contribution in [3.63, 3.8) is 0 Å². The molecule has 1 N–H and O–H groups in total. The predicted molar refractivity (Wildman–Crippen MR) is 89.3 cm³/mol. The van der Waals surface area contributed by atoms with Gasteiger partial charge in [0.1, 0.15) is 0 Å². The molecule has 0 atom stereocenters. The molecule has 0 aliphatic heterocycles. The molecule has 0 radical (unpaired) electrons. The van der Waals surface area contributed by atoms with E-state index in [0.717, 1.165) is 48.8 Å². The fourth-order valence-corrected chi connectivity index (χ4v) is 2.56. The van der Waals surface area contributed by atoms with Gasteiger partial charge in [0.25, 0.3) is 0 Å². The van der Waals surface area contributed by atoms with Crippen LogP contribution in [0.5, 0.6) is 0 Å². The van der Waals surface area contributed by atoms with Crippen molar-refractivity contribution >= 4 is 11.6 Å². The molecule has 4 heteroatoms. The fourth-order valence-electron chi connectivity index (χ4n) is 2.39. The lowest BCUT2D eigenvalue weighted by Gasteiger charge is -2.13. The highest BCUT2D eigenvalue weighted by atomic mass is 35.5. The average Bonchev–Trinajstić information content (AvgIpc) is 2.92. The van der Waals surface area contributed by atoms with Crippen LogP contribution < -0.4 is 5.32 Å². The van der Waals surface area contributed by atoms with Gasteiger partial charge in [-0.3, -0.25) is 0 Å². The Morgan fingerprint density at radius 3 is 2.62 bits per heavy atom. The number of hydrogen-bond donors (Lipinski definition) is 1. The quantitative estimate of drug-likeness (QED) is 0.779. The van der Waals surface area contributed by atoms with Gasteiger partial charge in [0.15, 0.2) is 0 Å². The van der Waals surface area contributed by atoms with Crippen molar-refractivity contribution in [1.29, 1.82) is 0 Å². The van der Waals surface area contributed by atoms with Crippen LogP contribution in [0.15, 0.2) is 24.3 Å². The number of hydrogen-bond acceptors (Lipinski definition) is 2. The summed E-state index contributed by atoms with van der Waals surface area (Å²) in [4.78, 5) is 0. The average molecular weight is 306 g/mol. The Labute approximate surface area is 132 Å². The van der Waals surface area contributed by atoms with Crippen LogP contribution in [-0.2, 0) is 19.4 Å². The largest absolute Gasteiger partial charge is 0.313 e. The van der Waals surface area contributed by atoms with E-state index < -0.39 is 0 Å². The maximum Gasteiger partial charge on any atom is 0.0708 e. The summed E-state index contributed by atoms with van der Waals surface area (Å²) in [5.74, 6) is 0. The summed E-state index contributed by atoms with van der Waals surface area (Å²) >= 11 is 6.20. The smallest absolute Gasteiger partial charge is 0.0708 e. The van der Waals surface area contributed by atoms with E-state index in [1.54, 1.807) is 0 Å². The van der Waals surface area contributed by atoms with E-state index in [-0.39, 0.29) is 0 Å². The fraction of sp³-hybridized carbons (Fsp3) is 0.471. The minimum Gasteiger partial charge on any atom is -0.313 e. The Morgan fingerprint density at radius 1 is 1.14 bits per heavy atom. The Bertz CT molecular complexity index is 590. The third-order valence-electron chi connectivity index (χ3n) is 3.58. The van der Waals surface area contributed by atoms with E-state index >= 15 is 0 Å². The highest BCUT2D eigenvalue weighted by Crippen LogP contribution is 2.22. The van der Waals surface area contributed by atoms with Crippen molar-refractivity contribution in [2.24, 2.45) is 0 Å². The zero-order valence-electron chi connectivity index (χ0n) is 13.1. The van der Waals surface area contributed by atoms with Gasteiger partial charge in [0, 0.05) is 17.3 Å². The molecule has 114 valence electrons. The second kappa shape index (κ2) is 7.62. The number of benzene rings is 1. The van der Waals surface area contributed by atoms with Gasteiger partial charge in [-0.2, -0.15) is 5.10 Å². The maximum atomic E-state index is 6.20. The summed E-state index contributed by atoms with van der Waals surface area (Å²) in [7, 11) is 0. The van der Waals surface area contributed by atoms with Crippen molar-refractivity contribution < 1.29 is 0 Å². The van der Waals surface area contributed by atoms with Crippen molar-refractivity contribution in [2.75, 3.05) is 6.54 Å². The molecule has 21 heavy (non-hydrogen) atoms. The molecule has 0 unspecified atom stereocenters. The second-order valence-corrected chi connectivity index (χ2v) is 5.63. The predicted octanol–water partition coefficient (Wildman–Crippen LogP) is 4.15. The van der Waals surface area contributed by atoms with Gasteiger partial charge >= 0.3 is 0 Å². The Morgan fingerprint density at radius 2 is 1.95 bits per heavy atom. The van der Waals surface area contributed by atoms with Crippen LogP contribution in [0.1, 0.15) is 44.1 Å². The van der Waals surface area contributed by atoms with Crippen LogP contribution in [0.4, 0.5) is 0 Å². The molecule has 2 rings (SSSR count). The molecular weight excluding hydrogens is 282 g/mol. The zero-order chi connectivity index (χ0) is 15.2. The molecule has 0 bridgehead atoms. The molecule has 0 saturated carbocycles. The van der Waals surface area contributed by atoms with Crippen LogP contribution >= 0.6 is 11.6 Å². The molecule has 0 fully saturated rings. The van der Waals surface area contributed by atoms with Gasteiger partial charge in [-0.1, -0.05) is 38.4 Å². The summed E-state index contributed by atoms with van der Waals surface area (Å²) in [5, 5.41) is 8.93. The number of nitrogens with one attached hydrogen (secondary N) is 1. The molecule has 1 heterocycles. The monoisotopic (exact) mass is 305 g/mol. The normalized spacial score (nSPS) is 11.0. The minimum atomic E-state index is 0.750. The maximum absolute atomic E-state index is 6.20. The first-order valence-corrected chi connectivity index (χ1v) is 8.14.